The van der Waals surface area contributed by atoms with Gasteiger partial charge in [0, 0.05) is 38.0 Å². The van der Waals surface area contributed by atoms with Gasteiger partial charge in [0.2, 0.25) is 0 Å². The van der Waals surface area contributed by atoms with Crippen LogP contribution >= 0.6 is 27.5 Å². The smallest absolute Gasteiger partial charge is 0.410 e. The van der Waals surface area contributed by atoms with E-state index in [1.165, 1.54) is 0 Å². The summed E-state index contributed by atoms with van der Waals surface area (Å²) in [5.41, 5.74) is -1.61. The van der Waals surface area contributed by atoms with E-state index in [0.29, 0.717) is 63.4 Å². The number of amides is 1. The minimum Gasteiger partial charge on any atom is -0.461 e. The van der Waals surface area contributed by atoms with Crippen LogP contribution in [0.5, 0.6) is 6.01 Å². The Bertz CT molecular complexity index is 1370. The van der Waals surface area contributed by atoms with Crippen LogP contribution in [0.3, 0.4) is 0 Å². The molecule has 9 nitrogen and oxygen atoms in total. The molecule has 4 saturated heterocycles. The van der Waals surface area contributed by atoms with Gasteiger partial charge in [-0.15, -0.1) is 0 Å². The number of carbonyl (C=O) groups excluding carboxylic acids is 1. The third-order valence-electron chi connectivity index (χ3n) is 8.67. The molecule has 224 valence electrons. The number of hydrogen-bond acceptors (Lipinski definition) is 8. The van der Waals surface area contributed by atoms with Crippen molar-refractivity contribution in [2.45, 2.75) is 69.3 Å². The van der Waals surface area contributed by atoms with Gasteiger partial charge in [-0.2, -0.15) is 9.97 Å². The molecule has 2 aromatic rings. The first-order chi connectivity index (χ1) is 19.4. The molecule has 0 aliphatic carbocycles. The molecule has 4 aliphatic heterocycles. The summed E-state index contributed by atoms with van der Waals surface area (Å²) >= 11 is 9.61. The summed E-state index contributed by atoms with van der Waals surface area (Å²) in [5, 5.41) is 0.630. The predicted molar refractivity (Wildman–Crippen MR) is 154 cm³/mol. The first-order valence-corrected chi connectivity index (χ1v) is 15.3. The summed E-state index contributed by atoms with van der Waals surface area (Å²) in [6, 6.07) is 1.66. The lowest BCUT2D eigenvalue weighted by atomic mass is 9.95. The molecule has 4 aliphatic rings. The normalized spacial score (nSPS) is 28.6. The molecule has 0 radical (unpaired) electrons. The Balaban J connectivity index is 1.33. The van der Waals surface area contributed by atoms with Gasteiger partial charge in [0.25, 0.3) is 0 Å². The summed E-state index contributed by atoms with van der Waals surface area (Å²) in [6.07, 6.45) is 1.54. The number of fused-ring (bicyclic) bond motifs is 2. The van der Waals surface area contributed by atoms with Crippen LogP contribution in [-0.4, -0.2) is 101 Å². The molecular formula is C28H35BrClF2N5O4. The van der Waals surface area contributed by atoms with E-state index < -0.39 is 28.7 Å². The average molecular weight is 659 g/mol. The Morgan fingerprint density at radius 3 is 2.85 bits per heavy atom. The van der Waals surface area contributed by atoms with Crippen molar-refractivity contribution in [3.8, 4) is 6.01 Å². The molecule has 5 heterocycles. The summed E-state index contributed by atoms with van der Waals surface area (Å²) in [5.74, 6) is -0.155. The van der Waals surface area contributed by atoms with E-state index in [1.54, 1.807) is 11.0 Å². The molecule has 0 bridgehead atoms. The molecule has 3 atom stereocenters. The van der Waals surface area contributed by atoms with Crippen molar-refractivity contribution in [2.24, 2.45) is 0 Å². The van der Waals surface area contributed by atoms with Gasteiger partial charge < -0.3 is 19.1 Å². The van der Waals surface area contributed by atoms with Crippen LogP contribution in [0.2, 0.25) is 5.02 Å². The quantitative estimate of drug-likeness (QED) is 0.407. The number of carbonyl (C=O) groups is 1. The van der Waals surface area contributed by atoms with Gasteiger partial charge in [0.15, 0.2) is 5.82 Å². The van der Waals surface area contributed by atoms with Crippen LogP contribution in [0.25, 0.3) is 10.9 Å². The second kappa shape index (κ2) is 10.6. The van der Waals surface area contributed by atoms with Gasteiger partial charge in [-0.25, -0.2) is 13.6 Å². The van der Waals surface area contributed by atoms with E-state index >= 15 is 4.39 Å². The number of morpholine rings is 1. The maximum Gasteiger partial charge on any atom is 0.410 e. The van der Waals surface area contributed by atoms with E-state index in [4.69, 9.17) is 30.8 Å². The van der Waals surface area contributed by atoms with Gasteiger partial charge in [-0.05, 0) is 68.6 Å². The molecule has 1 aromatic heterocycles. The molecule has 1 unspecified atom stereocenters. The molecule has 0 saturated carbocycles. The van der Waals surface area contributed by atoms with Crippen molar-refractivity contribution in [2.75, 3.05) is 57.4 Å². The van der Waals surface area contributed by atoms with Crippen molar-refractivity contribution in [3.63, 3.8) is 0 Å². The fraction of sp³-hybridized carbons (Fsp3) is 0.679. The van der Waals surface area contributed by atoms with Crippen molar-refractivity contribution in [3.05, 3.63) is 21.4 Å². The molecule has 1 aromatic carbocycles. The first kappa shape index (κ1) is 29.1. The Morgan fingerprint density at radius 2 is 2.07 bits per heavy atom. The molecule has 6 rings (SSSR count). The van der Waals surface area contributed by atoms with Crippen LogP contribution in [0, 0.1) is 5.82 Å². The van der Waals surface area contributed by atoms with Gasteiger partial charge in [-0.1, -0.05) is 11.6 Å². The number of nitrogens with zero attached hydrogens (tertiary/aromatic N) is 5. The molecule has 4 fully saturated rings. The summed E-state index contributed by atoms with van der Waals surface area (Å²) in [4.78, 5) is 28.3. The predicted octanol–water partition coefficient (Wildman–Crippen LogP) is 5.36. The van der Waals surface area contributed by atoms with Crippen LogP contribution in [0.4, 0.5) is 19.4 Å². The lowest BCUT2D eigenvalue weighted by Crippen LogP contribution is -2.61. The van der Waals surface area contributed by atoms with Crippen LogP contribution < -0.4 is 9.64 Å². The first-order valence-electron chi connectivity index (χ1n) is 14.1. The Labute approximate surface area is 251 Å². The summed E-state index contributed by atoms with van der Waals surface area (Å²) in [7, 11) is 0. The standard InChI is InChI=1S/C28H35BrClF2N5O4/c1-26(2,3)41-25(38)37-9-10-39-15-28(37)6-8-35(14-28)23-18-11-19(30)20(29)21(32)22(18)33-24(34-23)40-16-27-5-4-7-36(27)13-17(31)12-27/h11,17H,4-10,12-16H2,1-3H3/t17-,27+,28?/m1/s1. The van der Waals surface area contributed by atoms with E-state index in [9.17, 15) is 9.18 Å². The zero-order valence-electron chi connectivity index (χ0n) is 23.5. The number of ether oxygens (including phenoxy) is 3. The zero-order chi connectivity index (χ0) is 29.2. The van der Waals surface area contributed by atoms with E-state index in [-0.39, 0.29) is 33.7 Å². The third-order valence-corrected chi connectivity index (χ3v) is 9.97. The SMILES string of the molecule is CC(C)(C)OC(=O)N1CCOCC12CCN(c1nc(OC[C@@]34CCCN3C[C@H](F)C4)nc3c(F)c(Br)c(Cl)cc13)C2. The summed E-state index contributed by atoms with van der Waals surface area (Å²) in [6.45, 7) is 9.08. The molecule has 1 spiro atoms. The van der Waals surface area contributed by atoms with Gasteiger partial charge >= 0.3 is 12.1 Å². The number of anilines is 1. The minimum absolute atomic E-state index is 0.0222. The molecule has 0 N–H and O–H groups in total. The van der Waals surface area contributed by atoms with E-state index in [1.807, 2.05) is 25.7 Å². The molecule has 1 amide bonds. The summed E-state index contributed by atoms with van der Waals surface area (Å²) < 4.78 is 47.7. The van der Waals surface area contributed by atoms with E-state index in [0.717, 1.165) is 19.4 Å². The highest BCUT2D eigenvalue weighted by Gasteiger charge is 2.51. The van der Waals surface area contributed by atoms with Gasteiger partial charge in [0.1, 0.15) is 29.7 Å². The monoisotopic (exact) mass is 657 g/mol. The topological polar surface area (TPSA) is 80.3 Å². The number of rotatable bonds is 4. The van der Waals surface area contributed by atoms with E-state index in [2.05, 4.69) is 25.8 Å². The second-order valence-corrected chi connectivity index (χ2v) is 13.9. The average Bonchev–Trinajstić information content (AvgIpc) is 3.58. The van der Waals surface area contributed by atoms with Gasteiger partial charge in [-0.3, -0.25) is 9.80 Å². The lowest BCUT2D eigenvalue weighted by Gasteiger charge is -2.44. The van der Waals surface area contributed by atoms with Crippen molar-refractivity contribution in [1.82, 2.24) is 19.8 Å². The molecule has 13 heteroatoms. The second-order valence-electron chi connectivity index (χ2n) is 12.7. The van der Waals surface area contributed by atoms with Crippen molar-refractivity contribution in [1.29, 1.82) is 0 Å². The minimum atomic E-state index is -0.894. The number of hydrogen-bond donors (Lipinski definition) is 0. The van der Waals surface area contributed by atoms with Crippen molar-refractivity contribution < 1.29 is 27.8 Å². The Kier molecular flexibility index (Phi) is 7.52. The number of aromatic nitrogens is 2. The number of halogens is 4. The number of benzene rings is 1. The maximum atomic E-state index is 15.5. The third kappa shape index (κ3) is 5.34. The van der Waals surface area contributed by atoms with Gasteiger partial charge in [0.05, 0.1) is 33.8 Å². The van der Waals surface area contributed by atoms with Crippen LogP contribution in [-0.2, 0) is 9.47 Å². The lowest BCUT2D eigenvalue weighted by molar-refractivity contribution is -0.0671. The zero-order valence-corrected chi connectivity index (χ0v) is 25.9. The maximum absolute atomic E-state index is 15.5. The fourth-order valence-electron chi connectivity index (χ4n) is 6.80. The van der Waals surface area contributed by atoms with Crippen molar-refractivity contribution >= 4 is 50.3 Å². The largest absolute Gasteiger partial charge is 0.461 e. The van der Waals surface area contributed by atoms with Crippen LogP contribution in [0.15, 0.2) is 10.5 Å². The Hall–Kier alpha value is -2.02. The highest BCUT2D eigenvalue weighted by atomic mass is 79.9. The molecular weight excluding hydrogens is 624 g/mol. The Morgan fingerprint density at radius 1 is 1.27 bits per heavy atom. The molecule has 41 heavy (non-hydrogen) atoms. The highest BCUT2D eigenvalue weighted by molar-refractivity contribution is 9.10. The van der Waals surface area contributed by atoms with Crippen LogP contribution in [0.1, 0.15) is 46.5 Å². The highest BCUT2D eigenvalue weighted by Crippen LogP contribution is 2.42. The number of alkyl halides is 1. The fourth-order valence-corrected chi connectivity index (χ4v) is 7.29.